The Morgan fingerprint density at radius 2 is 1.90 bits per heavy atom. The SMILES string of the molecule is COc1cccc(C=O)c1OCCS(=O)(=O)C(C)(C)C. The molecule has 0 N–H and O–H groups in total. The molecule has 1 aromatic rings. The van der Waals surface area contributed by atoms with E-state index in [1.165, 1.54) is 7.11 Å². The quantitative estimate of drug-likeness (QED) is 0.752. The highest BCUT2D eigenvalue weighted by Gasteiger charge is 2.28. The van der Waals surface area contributed by atoms with E-state index in [-0.39, 0.29) is 18.1 Å². The van der Waals surface area contributed by atoms with Gasteiger partial charge in [-0.25, -0.2) is 8.42 Å². The first-order chi connectivity index (χ1) is 9.23. The summed E-state index contributed by atoms with van der Waals surface area (Å²) in [5.41, 5.74) is 0.331. The molecule has 5 nitrogen and oxygen atoms in total. The van der Waals surface area contributed by atoms with E-state index in [1.54, 1.807) is 39.0 Å². The average Bonchev–Trinajstić information content (AvgIpc) is 2.37. The second kappa shape index (κ2) is 6.26. The van der Waals surface area contributed by atoms with E-state index >= 15 is 0 Å². The van der Waals surface area contributed by atoms with Crippen molar-refractivity contribution in [2.24, 2.45) is 0 Å². The summed E-state index contributed by atoms with van der Waals surface area (Å²) in [4.78, 5) is 11.0. The topological polar surface area (TPSA) is 69.7 Å². The summed E-state index contributed by atoms with van der Waals surface area (Å²) in [6, 6.07) is 4.91. The van der Waals surface area contributed by atoms with E-state index in [0.717, 1.165) is 0 Å². The lowest BCUT2D eigenvalue weighted by Crippen LogP contribution is -2.32. The summed E-state index contributed by atoms with van der Waals surface area (Å²) < 4.78 is 33.7. The van der Waals surface area contributed by atoms with Crippen molar-refractivity contribution < 1.29 is 22.7 Å². The first-order valence-corrected chi connectivity index (χ1v) is 7.85. The van der Waals surface area contributed by atoms with E-state index in [9.17, 15) is 13.2 Å². The standard InChI is InChI=1S/C14H20O5S/c1-14(2,3)20(16,17)9-8-19-13-11(10-15)6-5-7-12(13)18-4/h5-7,10H,8-9H2,1-4H3. The number of para-hydroxylation sites is 1. The van der Waals surface area contributed by atoms with Crippen LogP contribution in [0.1, 0.15) is 31.1 Å². The first-order valence-electron chi connectivity index (χ1n) is 6.20. The molecule has 0 heterocycles. The number of ether oxygens (including phenoxy) is 2. The number of sulfone groups is 1. The maximum absolute atomic E-state index is 12.0. The Labute approximate surface area is 119 Å². The number of benzene rings is 1. The van der Waals surface area contributed by atoms with Crippen molar-refractivity contribution >= 4 is 16.1 Å². The largest absolute Gasteiger partial charge is 0.493 e. The zero-order valence-electron chi connectivity index (χ0n) is 12.2. The van der Waals surface area contributed by atoms with Gasteiger partial charge in [0.15, 0.2) is 27.6 Å². The number of hydrogen-bond acceptors (Lipinski definition) is 5. The van der Waals surface area contributed by atoms with E-state index in [4.69, 9.17) is 9.47 Å². The van der Waals surface area contributed by atoms with Gasteiger partial charge >= 0.3 is 0 Å². The van der Waals surface area contributed by atoms with E-state index in [0.29, 0.717) is 17.6 Å². The van der Waals surface area contributed by atoms with Crippen LogP contribution in [0.3, 0.4) is 0 Å². The summed E-state index contributed by atoms with van der Waals surface area (Å²) in [5, 5.41) is 0. The lowest BCUT2D eigenvalue weighted by Gasteiger charge is -2.19. The maximum Gasteiger partial charge on any atom is 0.171 e. The maximum atomic E-state index is 12.0. The highest BCUT2D eigenvalue weighted by Crippen LogP contribution is 2.30. The van der Waals surface area contributed by atoms with Gasteiger partial charge in [-0.15, -0.1) is 0 Å². The second-order valence-electron chi connectivity index (χ2n) is 5.28. The summed E-state index contributed by atoms with van der Waals surface area (Å²) in [6.45, 7) is 4.90. The number of hydrogen-bond donors (Lipinski definition) is 0. The highest BCUT2D eigenvalue weighted by molar-refractivity contribution is 7.92. The fourth-order valence-electron chi connectivity index (χ4n) is 1.50. The molecule has 112 valence electrons. The monoisotopic (exact) mass is 300 g/mol. The number of rotatable bonds is 6. The molecule has 0 aliphatic carbocycles. The van der Waals surface area contributed by atoms with E-state index in [2.05, 4.69) is 0 Å². The van der Waals surface area contributed by atoms with Gasteiger partial charge in [0.2, 0.25) is 0 Å². The van der Waals surface area contributed by atoms with Gasteiger partial charge < -0.3 is 9.47 Å². The molecule has 0 bridgehead atoms. The van der Waals surface area contributed by atoms with Crippen molar-refractivity contribution in [3.8, 4) is 11.5 Å². The Morgan fingerprint density at radius 1 is 1.25 bits per heavy atom. The molecular weight excluding hydrogens is 280 g/mol. The number of carbonyl (C=O) groups is 1. The summed E-state index contributed by atoms with van der Waals surface area (Å²) in [7, 11) is -1.80. The van der Waals surface area contributed by atoms with Crippen molar-refractivity contribution in [3.05, 3.63) is 23.8 Å². The van der Waals surface area contributed by atoms with Crippen LogP contribution < -0.4 is 9.47 Å². The van der Waals surface area contributed by atoms with E-state index < -0.39 is 14.6 Å². The molecule has 0 aliphatic rings. The van der Waals surface area contributed by atoms with Gasteiger partial charge in [-0.1, -0.05) is 6.07 Å². The molecule has 6 heteroatoms. The molecule has 1 rings (SSSR count). The molecule has 0 saturated heterocycles. The van der Waals surface area contributed by atoms with Crippen LogP contribution in [0, 0.1) is 0 Å². The first kappa shape index (κ1) is 16.5. The molecule has 0 unspecified atom stereocenters. The van der Waals surface area contributed by atoms with Crippen LogP contribution in [0.15, 0.2) is 18.2 Å². The van der Waals surface area contributed by atoms with Crippen LogP contribution in [0.5, 0.6) is 11.5 Å². The van der Waals surface area contributed by atoms with E-state index in [1.807, 2.05) is 0 Å². The third-order valence-electron chi connectivity index (χ3n) is 2.89. The fraction of sp³-hybridized carbons (Fsp3) is 0.500. The molecule has 20 heavy (non-hydrogen) atoms. The lowest BCUT2D eigenvalue weighted by atomic mass is 10.2. The van der Waals surface area contributed by atoms with Crippen LogP contribution in [0.2, 0.25) is 0 Å². The Balaban J connectivity index is 2.84. The van der Waals surface area contributed by atoms with Crippen molar-refractivity contribution in [2.75, 3.05) is 19.5 Å². The van der Waals surface area contributed by atoms with Crippen molar-refractivity contribution in [1.82, 2.24) is 0 Å². The average molecular weight is 300 g/mol. The lowest BCUT2D eigenvalue weighted by molar-refractivity contribution is 0.111. The Bertz CT molecular complexity index is 570. The van der Waals surface area contributed by atoms with Gasteiger partial charge in [0.1, 0.15) is 6.61 Å². The highest BCUT2D eigenvalue weighted by atomic mass is 32.2. The molecule has 0 aromatic heterocycles. The smallest absolute Gasteiger partial charge is 0.171 e. The number of carbonyl (C=O) groups excluding carboxylic acids is 1. The molecule has 1 aromatic carbocycles. The van der Waals surface area contributed by atoms with Crippen LogP contribution >= 0.6 is 0 Å². The third-order valence-corrected chi connectivity index (χ3v) is 5.46. The van der Waals surface area contributed by atoms with Gasteiger partial charge in [-0.2, -0.15) is 0 Å². The van der Waals surface area contributed by atoms with Gasteiger partial charge in [0.05, 0.1) is 23.2 Å². The molecular formula is C14H20O5S. The van der Waals surface area contributed by atoms with Crippen LogP contribution in [0.25, 0.3) is 0 Å². The zero-order chi connectivity index (χ0) is 15.4. The van der Waals surface area contributed by atoms with Gasteiger partial charge in [-0.3, -0.25) is 4.79 Å². The van der Waals surface area contributed by atoms with Gasteiger partial charge in [0.25, 0.3) is 0 Å². The molecule has 0 spiro atoms. The third kappa shape index (κ3) is 3.72. The van der Waals surface area contributed by atoms with Crippen LogP contribution in [-0.2, 0) is 9.84 Å². The summed E-state index contributed by atoms with van der Waals surface area (Å²) in [6.07, 6.45) is 0.649. The van der Waals surface area contributed by atoms with Crippen molar-refractivity contribution in [2.45, 2.75) is 25.5 Å². The predicted octanol–water partition coefficient (Wildman–Crippen LogP) is 2.10. The number of aldehydes is 1. The fourth-order valence-corrected chi connectivity index (χ4v) is 2.42. The molecule has 0 aliphatic heterocycles. The molecule has 0 radical (unpaired) electrons. The minimum absolute atomic E-state index is 0.0270. The minimum atomic E-state index is -3.26. The minimum Gasteiger partial charge on any atom is -0.493 e. The van der Waals surface area contributed by atoms with Crippen LogP contribution in [-0.4, -0.2) is 38.9 Å². The number of methoxy groups -OCH3 is 1. The molecule has 0 atom stereocenters. The second-order valence-corrected chi connectivity index (χ2v) is 8.14. The van der Waals surface area contributed by atoms with Crippen molar-refractivity contribution in [3.63, 3.8) is 0 Å². The van der Waals surface area contributed by atoms with Gasteiger partial charge in [-0.05, 0) is 32.9 Å². The predicted molar refractivity (Wildman–Crippen MR) is 77.4 cm³/mol. The summed E-state index contributed by atoms with van der Waals surface area (Å²) >= 11 is 0. The van der Waals surface area contributed by atoms with Crippen molar-refractivity contribution in [1.29, 1.82) is 0 Å². The zero-order valence-corrected chi connectivity index (χ0v) is 13.0. The molecule has 0 amide bonds. The summed E-state index contributed by atoms with van der Waals surface area (Å²) in [5.74, 6) is 0.559. The van der Waals surface area contributed by atoms with Crippen LogP contribution in [0.4, 0.5) is 0 Å². The molecule has 0 fully saturated rings. The molecule has 0 saturated carbocycles. The normalized spacial score (nSPS) is 12.0. The Kier molecular flexibility index (Phi) is 5.16. The van der Waals surface area contributed by atoms with Gasteiger partial charge in [0, 0.05) is 0 Å². The Morgan fingerprint density at radius 3 is 2.40 bits per heavy atom. The Hall–Kier alpha value is -1.56.